The van der Waals surface area contributed by atoms with E-state index in [9.17, 15) is 4.79 Å². The molecule has 0 bridgehead atoms. The van der Waals surface area contributed by atoms with E-state index in [1.165, 1.54) is 17.3 Å². The van der Waals surface area contributed by atoms with Gasteiger partial charge in [-0.1, -0.05) is 59.5 Å². The third kappa shape index (κ3) is 3.95. The number of carbonyl (C=O) groups excluding carboxylic acids is 1. The van der Waals surface area contributed by atoms with Gasteiger partial charge in [0.05, 0.1) is 4.91 Å². The van der Waals surface area contributed by atoms with Gasteiger partial charge in [0, 0.05) is 16.9 Å². The van der Waals surface area contributed by atoms with Crippen LogP contribution in [0.15, 0.2) is 50.8 Å². The number of halogens is 1. The van der Waals surface area contributed by atoms with Crippen molar-refractivity contribution in [2.75, 3.05) is 0 Å². The SMILES string of the molecule is O=C1NC(=S)S/C1=C\c1ccc(SCc2ccc(Cl)cc2)o1. The molecule has 112 valence electrons. The molecular formula is C15H10ClNO2S3. The van der Waals surface area contributed by atoms with Gasteiger partial charge in [0.15, 0.2) is 5.09 Å². The van der Waals surface area contributed by atoms with Crippen molar-refractivity contribution >= 4 is 63.6 Å². The molecule has 0 radical (unpaired) electrons. The predicted molar refractivity (Wildman–Crippen MR) is 96.0 cm³/mol. The minimum atomic E-state index is -0.179. The quantitative estimate of drug-likeness (QED) is 0.481. The van der Waals surface area contributed by atoms with E-state index in [-0.39, 0.29) is 5.91 Å². The van der Waals surface area contributed by atoms with Crippen molar-refractivity contribution < 1.29 is 9.21 Å². The maximum atomic E-state index is 11.6. The number of hydrogen-bond acceptors (Lipinski definition) is 5. The Bertz CT molecular complexity index is 752. The van der Waals surface area contributed by atoms with E-state index in [4.69, 9.17) is 28.2 Å². The fraction of sp³-hybridized carbons (Fsp3) is 0.0667. The largest absolute Gasteiger partial charge is 0.450 e. The van der Waals surface area contributed by atoms with Crippen molar-refractivity contribution in [1.82, 2.24) is 5.32 Å². The van der Waals surface area contributed by atoms with Crippen LogP contribution in [0, 0.1) is 0 Å². The maximum Gasteiger partial charge on any atom is 0.263 e. The number of hydrogen-bond donors (Lipinski definition) is 1. The van der Waals surface area contributed by atoms with Crippen LogP contribution in [0.3, 0.4) is 0 Å². The van der Waals surface area contributed by atoms with E-state index in [0.29, 0.717) is 15.0 Å². The first kappa shape index (κ1) is 15.7. The summed E-state index contributed by atoms with van der Waals surface area (Å²) in [6.07, 6.45) is 1.70. The fourth-order valence-corrected chi connectivity index (χ4v) is 3.75. The topological polar surface area (TPSA) is 42.2 Å². The molecule has 0 aliphatic carbocycles. The Morgan fingerprint density at radius 1 is 1.27 bits per heavy atom. The Hall–Kier alpha value is -1.21. The molecule has 0 saturated carbocycles. The first-order valence-corrected chi connectivity index (χ1v) is 8.91. The van der Waals surface area contributed by atoms with Crippen LogP contribution in [-0.4, -0.2) is 10.2 Å². The van der Waals surface area contributed by atoms with Crippen molar-refractivity contribution in [1.29, 1.82) is 0 Å². The molecular weight excluding hydrogens is 358 g/mol. The molecule has 1 aromatic heterocycles. The summed E-state index contributed by atoms with van der Waals surface area (Å²) in [6, 6.07) is 11.4. The van der Waals surface area contributed by atoms with Gasteiger partial charge in [-0.3, -0.25) is 4.79 Å². The highest BCUT2D eigenvalue weighted by Crippen LogP contribution is 2.29. The second-order valence-corrected chi connectivity index (χ2v) is 7.56. The van der Waals surface area contributed by atoms with E-state index < -0.39 is 0 Å². The second-order valence-electron chi connectivity index (χ2n) is 4.42. The van der Waals surface area contributed by atoms with Crippen molar-refractivity contribution in [2.24, 2.45) is 0 Å². The fourth-order valence-electron chi connectivity index (χ4n) is 1.77. The zero-order chi connectivity index (χ0) is 15.5. The zero-order valence-corrected chi connectivity index (χ0v) is 14.4. The first-order valence-electron chi connectivity index (χ1n) is 6.32. The number of benzene rings is 1. The van der Waals surface area contributed by atoms with Crippen LogP contribution in [0.1, 0.15) is 11.3 Å². The smallest absolute Gasteiger partial charge is 0.263 e. The van der Waals surface area contributed by atoms with Crippen molar-refractivity contribution in [2.45, 2.75) is 10.8 Å². The number of amides is 1. The molecule has 1 saturated heterocycles. The number of furan rings is 1. The van der Waals surface area contributed by atoms with Gasteiger partial charge in [-0.2, -0.15) is 0 Å². The Morgan fingerprint density at radius 2 is 2.05 bits per heavy atom. The summed E-state index contributed by atoms with van der Waals surface area (Å²) < 4.78 is 6.17. The number of nitrogens with one attached hydrogen (secondary N) is 1. The summed E-state index contributed by atoms with van der Waals surface area (Å²) in [6.45, 7) is 0. The van der Waals surface area contributed by atoms with E-state index in [2.05, 4.69) is 5.32 Å². The molecule has 22 heavy (non-hydrogen) atoms. The molecule has 0 spiro atoms. The Kier molecular flexibility index (Phi) is 4.93. The van der Waals surface area contributed by atoms with Gasteiger partial charge in [-0.15, -0.1) is 0 Å². The summed E-state index contributed by atoms with van der Waals surface area (Å²) in [7, 11) is 0. The van der Waals surface area contributed by atoms with Crippen LogP contribution in [-0.2, 0) is 10.5 Å². The van der Waals surface area contributed by atoms with E-state index >= 15 is 0 Å². The molecule has 1 aliphatic rings. The molecule has 3 rings (SSSR count). The van der Waals surface area contributed by atoms with Gasteiger partial charge in [0.25, 0.3) is 5.91 Å². The third-order valence-electron chi connectivity index (χ3n) is 2.81. The van der Waals surface area contributed by atoms with Crippen LogP contribution in [0.2, 0.25) is 5.02 Å². The molecule has 0 atom stereocenters. The van der Waals surface area contributed by atoms with Crippen LogP contribution in [0.25, 0.3) is 6.08 Å². The molecule has 1 N–H and O–H groups in total. The molecule has 1 aromatic carbocycles. The normalized spacial score (nSPS) is 16.3. The Morgan fingerprint density at radius 3 is 2.73 bits per heavy atom. The van der Waals surface area contributed by atoms with Gasteiger partial charge in [-0.05, 0) is 29.8 Å². The molecule has 7 heteroatoms. The average Bonchev–Trinajstić information content (AvgIpc) is 3.05. The highest BCUT2D eigenvalue weighted by atomic mass is 35.5. The maximum absolute atomic E-state index is 11.6. The molecule has 1 aliphatic heterocycles. The minimum Gasteiger partial charge on any atom is -0.450 e. The molecule has 2 aromatic rings. The first-order chi connectivity index (χ1) is 10.6. The van der Waals surface area contributed by atoms with Crippen molar-refractivity contribution in [3.8, 4) is 0 Å². The van der Waals surface area contributed by atoms with Gasteiger partial charge in [0.1, 0.15) is 10.1 Å². The number of rotatable bonds is 4. The number of thioether (sulfide) groups is 2. The lowest BCUT2D eigenvalue weighted by molar-refractivity contribution is -0.115. The summed E-state index contributed by atoms with van der Waals surface area (Å²) in [4.78, 5) is 12.1. The van der Waals surface area contributed by atoms with E-state index in [0.717, 1.165) is 15.9 Å². The van der Waals surface area contributed by atoms with Crippen LogP contribution in [0.4, 0.5) is 0 Å². The van der Waals surface area contributed by atoms with Crippen LogP contribution in [0.5, 0.6) is 0 Å². The van der Waals surface area contributed by atoms with Gasteiger partial charge in [0.2, 0.25) is 0 Å². The highest BCUT2D eigenvalue weighted by molar-refractivity contribution is 8.26. The monoisotopic (exact) mass is 367 g/mol. The average molecular weight is 368 g/mol. The van der Waals surface area contributed by atoms with Crippen LogP contribution >= 0.6 is 47.3 Å². The lowest BCUT2D eigenvalue weighted by Crippen LogP contribution is -2.17. The molecule has 0 unspecified atom stereocenters. The van der Waals surface area contributed by atoms with E-state index in [1.54, 1.807) is 17.8 Å². The lowest BCUT2D eigenvalue weighted by Gasteiger charge is -1.99. The summed E-state index contributed by atoms with van der Waals surface area (Å²) >= 11 is 13.6. The second kappa shape index (κ2) is 6.91. The van der Waals surface area contributed by atoms with Crippen LogP contribution < -0.4 is 5.32 Å². The standard InChI is InChI=1S/C15H10ClNO2S3/c16-10-3-1-9(2-4-10)8-21-13-6-5-11(19-13)7-12-14(18)17-15(20)22-12/h1-7H,8H2,(H,17,18,20)/b12-7-. The van der Waals surface area contributed by atoms with E-state index in [1.807, 2.05) is 36.4 Å². The predicted octanol–water partition coefficient (Wildman–Crippen LogP) is 4.71. The molecule has 2 heterocycles. The molecule has 1 amide bonds. The summed E-state index contributed by atoms with van der Waals surface area (Å²) in [5.41, 5.74) is 1.17. The summed E-state index contributed by atoms with van der Waals surface area (Å²) in [5, 5.41) is 4.10. The lowest BCUT2D eigenvalue weighted by atomic mass is 10.2. The molecule has 1 fully saturated rings. The Balaban J connectivity index is 1.64. The third-order valence-corrected chi connectivity index (χ3v) is 5.21. The summed E-state index contributed by atoms with van der Waals surface area (Å²) in [5.74, 6) is 1.25. The number of carbonyl (C=O) groups is 1. The zero-order valence-electron chi connectivity index (χ0n) is 11.2. The highest BCUT2D eigenvalue weighted by Gasteiger charge is 2.22. The minimum absolute atomic E-state index is 0.179. The van der Waals surface area contributed by atoms with Gasteiger partial charge >= 0.3 is 0 Å². The van der Waals surface area contributed by atoms with Crippen molar-refractivity contribution in [3.05, 3.63) is 57.6 Å². The van der Waals surface area contributed by atoms with Gasteiger partial charge in [-0.25, -0.2) is 0 Å². The molecule has 3 nitrogen and oxygen atoms in total. The Labute approximate surface area is 146 Å². The number of thiocarbonyl (C=S) groups is 1. The van der Waals surface area contributed by atoms with Crippen molar-refractivity contribution in [3.63, 3.8) is 0 Å². The van der Waals surface area contributed by atoms with Gasteiger partial charge < -0.3 is 9.73 Å².